The first kappa shape index (κ1) is 50.7. The third-order valence-corrected chi connectivity index (χ3v) is 11.6. The molecule has 8 rings (SSSR count). The second kappa shape index (κ2) is 22.8. The third-order valence-electron chi connectivity index (χ3n) is 10.3. The van der Waals surface area contributed by atoms with Crippen LogP contribution in [0.5, 0.6) is 0 Å². The van der Waals surface area contributed by atoms with Crippen molar-refractivity contribution < 1.29 is 27.8 Å². The van der Waals surface area contributed by atoms with Gasteiger partial charge >= 0.3 is 12.2 Å². The Morgan fingerprint density at radius 1 is 0.642 bits per heavy atom. The van der Waals surface area contributed by atoms with Crippen LogP contribution >= 0.6 is 35.1 Å². The van der Waals surface area contributed by atoms with Gasteiger partial charge in [-0.25, -0.2) is 47.7 Å². The Bertz CT molecular complexity index is 2560. The highest BCUT2D eigenvalue weighted by Crippen LogP contribution is 2.35. The zero-order valence-electron chi connectivity index (χ0n) is 38.8. The van der Waals surface area contributed by atoms with Gasteiger partial charge in [-0.05, 0) is 140 Å². The molecule has 6 aromatic rings. The monoisotopic (exact) mass is 976 g/mol. The fourth-order valence-corrected chi connectivity index (χ4v) is 7.94. The molecular weight excluding hydrogens is 922 g/mol. The molecule has 21 heteroatoms. The van der Waals surface area contributed by atoms with E-state index in [1.807, 2.05) is 75.7 Å². The number of hydrogen-bond acceptors (Lipinski definition) is 14. The molecule has 2 amide bonds. The average molecular weight is 978 g/mol. The Morgan fingerprint density at radius 2 is 1.13 bits per heavy atom. The highest BCUT2D eigenvalue weighted by atomic mass is 35.5. The molecule has 2 aromatic carbocycles. The van der Waals surface area contributed by atoms with Gasteiger partial charge in [-0.1, -0.05) is 45.6 Å². The lowest BCUT2D eigenvalue weighted by molar-refractivity contribution is 0.0174. The number of likely N-dealkylation sites (tertiary alicyclic amines) is 2. The maximum atomic E-state index is 13.5. The van der Waals surface area contributed by atoms with Gasteiger partial charge in [0.2, 0.25) is 0 Å². The van der Waals surface area contributed by atoms with E-state index in [-0.39, 0.29) is 35.9 Å². The highest BCUT2D eigenvalue weighted by Gasteiger charge is 2.31. The molecule has 0 aliphatic carbocycles. The van der Waals surface area contributed by atoms with Crippen molar-refractivity contribution in [1.29, 1.82) is 0 Å². The van der Waals surface area contributed by atoms with E-state index in [0.717, 1.165) is 35.4 Å². The normalized spacial score (nSPS) is 14.7. The number of rotatable bonds is 7. The molecule has 4 aromatic heterocycles. The SMILES string of the molecule is CC(C)(C)OC(=O)N1CCC(n2cc(-c3ccc(F)cc3)nn2)CC1.CSc1nccc(-c2c(-c3ccc(F)cc3)nnn2C2CCN(C(=O)OC(C)(C)C)CC2)n1.CSc1nccc(Cl)n1. The summed E-state index contributed by atoms with van der Waals surface area (Å²) in [6.45, 7) is 13.6. The van der Waals surface area contributed by atoms with Gasteiger partial charge in [0.05, 0.1) is 24.0 Å². The predicted octanol–water partition coefficient (Wildman–Crippen LogP) is 10.3. The van der Waals surface area contributed by atoms with Gasteiger partial charge in [0.15, 0.2) is 10.3 Å². The van der Waals surface area contributed by atoms with E-state index in [2.05, 4.69) is 40.6 Å². The first-order chi connectivity index (χ1) is 31.9. The minimum Gasteiger partial charge on any atom is -0.444 e. The number of nitrogens with zero attached hydrogens (tertiary/aromatic N) is 12. The quantitative estimate of drug-likeness (QED) is 0.0840. The molecule has 0 atom stereocenters. The van der Waals surface area contributed by atoms with E-state index in [1.54, 1.807) is 52.5 Å². The minimum atomic E-state index is -0.529. The molecule has 356 valence electrons. The van der Waals surface area contributed by atoms with E-state index < -0.39 is 11.2 Å². The molecule has 2 saturated heterocycles. The standard InChI is InChI=1S/C23H27FN6O2S.C18H23FN4O2.C5H5ClN2S/c1-23(2,3)32-22(31)29-13-10-17(11-14-29)30-20(18-9-12-25-21(26-18)33-4)19(27-28-30)15-5-7-16(24)8-6-15;1-18(2,3)25-17(24)22-10-8-15(9-11-22)23-12-16(20-21-23)13-4-6-14(19)7-5-13;1-9-5-7-3-2-4(6)8-5/h5-9,12,17H,10-11,13-14H2,1-4H3;4-7,12,15H,8-11H2,1-3H3;2-3H,1H3. The summed E-state index contributed by atoms with van der Waals surface area (Å²) in [7, 11) is 0. The number of carbonyl (C=O) groups excluding carboxylic acids is 2. The van der Waals surface area contributed by atoms with Crippen molar-refractivity contribution in [2.75, 3.05) is 38.7 Å². The number of halogens is 3. The number of aromatic nitrogens is 10. The molecule has 0 saturated carbocycles. The lowest BCUT2D eigenvalue weighted by atomic mass is 10.0. The molecule has 0 spiro atoms. The van der Waals surface area contributed by atoms with E-state index in [0.29, 0.717) is 65.9 Å². The third kappa shape index (κ3) is 14.6. The van der Waals surface area contributed by atoms with Gasteiger partial charge < -0.3 is 19.3 Å². The predicted molar refractivity (Wildman–Crippen MR) is 255 cm³/mol. The Kier molecular flexibility index (Phi) is 17.3. The van der Waals surface area contributed by atoms with Gasteiger partial charge in [-0.15, -0.1) is 10.2 Å². The zero-order valence-corrected chi connectivity index (χ0v) is 41.2. The van der Waals surface area contributed by atoms with Gasteiger partial charge in [-0.2, -0.15) is 0 Å². The summed E-state index contributed by atoms with van der Waals surface area (Å²) in [4.78, 5) is 44.8. The molecule has 0 bridgehead atoms. The maximum absolute atomic E-state index is 13.5. The molecule has 2 fully saturated rings. The fraction of sp³-hybridized carbons (Fsp3) is 0.435. The summed E-state index contributed by atoms with van der Waals surface area (Å²) < 4.78 is 41.2. The van der Waals surface area contributed by atoms with Crippen LogP contribution in [-0.4, -0.2) is 122 Å². The Hall–Kier alpha value is -5.73. The summed E-state index contributed by atoms with van der Waals surface area (Å²) in [5.74, 6) is -0.584. The number of thioether (sulfide) groups is 2. The summed E-state index contributed by atoms with van der Waals surface area (Å²) in [6.07, 6.45) is 11.5. The summed E-state index contributed by atoms with van der Waals surface area (Å²) in [5.41, 5.74) is 3.39. The van der Waals surface area contributed by atoms with Crippen LogP contribution in [0.25, 0.3) is 33.9 Å². The van der Waals surface area contributed by atoms with Crippen molar-refractivity contribution >= 4 is 47.3 Å². The van der Waals surface area contributed by atoms with Crippen LogP contribution in [0.3, 0.4) is 0 Å². The molecule has 0 N–H and O–H groups in total. The van der Waals surface area contributed by atoms with Crippen molar-refractivity contribution in [3.05, 3.63) is 96.0 Å². The Balaban J connectivity index is 0.000000191. The largest absolute Gasteiger partial charge is 0.444 e. The fourth-order valence-electron chi connectivity index (χ4n) is 7.05. The van der Waals surface area contributed by atoms with Crippen LogP contribution in [0.4, 0.5) is 18.4 Å². The minimum absolute atomic E-state index is 0.0353. The first-order valence-electron chi connectivity index (χ1n) is 21.6. The number of carbonyl (C=O) groups is 2. The lowest BCUT2D eigenvalue weighted by Crippen LogP contribution is -2.42. The zero-order chi connectivity index (χ0) is 48.3. The molecule has 6 heterocycles. The molecule has 0 radical (unpaired) electrons. The van der Waals surface area contributed by atoms with Crippen LogP contribution in [0.2, 0.25) is 5.15 Å². The first-order valence-corrected chi connectivity index (χ1v) is 24.5. The number of piperidine rings is 2. The number of amides is 2. The van der Waals surface area contributed by atoms with Crippen LogP contribution < -0.4 is 0 Å². The van der Waals surface area contributed by atoms with E-state index in [4.69, 9.17) is 21.1 Å². The number of hydrogen-bond donors (Lipinski definition) is 0. The summed E-state index contributed by atoms with van der Waals surface area (Å²) >= 11 is 8.49. The molecule has 16 nitrogen and oxygen atoms in total. The molecule has 67 heavy (non-hydrogen) atoms. The van der Waals surface area contributed by atoms with Crippen LogP contribution in [0.15, 0.2) is 89.6 Å². The topological polar surface area (TPSA) is 172 Å². The number of ether oxygens (including phenoxy) is 2. The van der Waals surface area contributed by atoms with Crippen LogP contribution in [0, 0.1) is 11.6 Å². The second-order valence-corrected chi connectivity index (χ2v) is 19.5. The average Bonchev–Trinajstić information content (AvgIpc) is 3.98. The maximum Gasteiger partial charge on any atom is 0.410 e. The lowest BCUT2D eigenvalue weighted by Gasteiger charge is -2.33. The second-order valence-electron chi connectivity index (χ2n) is 17.5. The van der Waals surface area contributed by atoms with E-state index >= 15 is 0 Å². The van der Waals surface area contributed by atoms with E-state index in [9.17, 15) is 18.4 Å². The van der Waals surface area contributed by atoms with Crippen LogP contribution in [-0.2, 0) is 9.47 Å². The molecule has 2 aliphatic rings. The van der Waals surface area contributed by atoms with Crippen molar-refractivity contribution in [1.82, 2.24) is 59.7 Å². The van der Waals surface area contributed by atoms with Gasteiger partial charge in [0.1, 0.15) is 45.1 Å². The van der Waals surface area contributed by atoms with Crippen molar-refractivity contribution in [2.24, 2.45) is 0 Å². The van der Waals surface area contributed by atoms with Gasteiger partial charge in [0.25, 0.3) is 0 Å². The van der Waals surface area contributed by atoms with Crippen molar-refractivity contribution in [3.63, 3.8) is 0 Å². The molecule has 2 aliphatic heterocycles. The molecule has 0 unspecified atom stereocenters. The molecular formula is C46H55ClF2N12O4S2. The Morgan fingerprint density at radius 3 is 1.63 bits per heavy atom. The van der Waals surface area contributed by atoms with Gasteiger partial charge in [-0.3, -0.25) is 0 Å². The van der Waals surface area contributed by atoms with Crippen molar-refractivity contribution in [2.45, 2.75) is 101 Å². The summed E-state index contributed by atoms with van der Waals surface area (Å²) in [5, 5.41) is 19.1. The van der Waals surface area contributed by atoms with Gasteiger partial charge in [0, 0.05) is 49.7 Å². The number of benzene rings is 2. The smallest absolute Gasteiger partial charge is 0.410 e. The highest BCUT2D eigenvalue weighted by molar-refractivity contribution is 7.98. The van der Waals surface area contributed by atoms with E-state index in [1.165, 1.54) is 47.8 Å². The van der Waals surface area contributed by atoms with Crippen LogP contribution in [0.1, 0.15) is 79.3 Å². The Labute approximate surface area is 402 Å². The van der Waals surface area contributed by atoms with Crippen molar-refractivity contribution in [3.8, 4) is 33.9 Å². The summed E-state index contributed by atoms with van der Waals surface area (Å²) in [6, 6.07) is 16.1.